The Hall–Kier alpha value is -1.07. The van der Waals surface area contributed by atoms with Crippen LogP contribution in [0.25, 0.3) is 0 Å². The Morgan fingerprint density at radius 1 is 1.64 bits per heavy atom. The molecule has 2 rings (SSSR count). The van der Waals surface area contributed by atoms with Crippen molar-refractivity contribution in [2.24, 2.45) is 0 Å². The Bertz CT molecular complexity index is 406. The molecule has 1 heterocycles. The standard InChI is InChI=1S/C11H11ClN2/c1-7-3-2-4-8-5-9(6-13)11(12)14-10(7)8/h5,7H,2-4H2,1H3. The van der Waals surface area contributed by atoms with Crippen LogP contribution in [0, 0.1) is 11.3 Å². The fourth-order valence-corrected chi connectivity index (χ4v) is 2.17. The van der Waals surface area contributed by atoms with Crippen LogP contribution in [0.4, 0.5) is 0 Å². The molecular weight excluding hydrogens is 196 g/mol. The number of aromatic nitrogens is 1. The van der Waals surface area contributed by atoms with Crippen LogP contribution in [0.1, 0.15) is 42.5 Å². The highest BCUT2D eigenvalue weighted by Gasteiger charge is 2.19. The summed E-state index contributed by atoms with van der Waals surface area (Å²) in [5.41, 5.74) is 2.78. The van der Waals surface area contributed by atoms with Gasteiger partial charge in [0.25, 0.3) is 0 Å². The van der Waals surface area contributed by atoms with Crippen molar-refractivity contribution in [1.29, 1.82) is 5.26 Å². The molecule has 3 heteroatoms. The normalized spacial score (nSPS) is 19.9. The largest absolute Gasteiger partial charge is 0.239 e. The van der Waals surface area contributed by atoms with Gasteiger partial charge < -0.3 is 0 Å². The molecule has 0 saturated carbocycles. The number of aryl methyl sites for hydroxylation is 1. The van der Waals surface area contributed by atoms with Gasteiger partial charge in [0.15, 0.2) is 0 Å². The van der Waals surface area contributed by atoms with Gasteiger partial charge in [-0.05, 0) is 36.8 Å². The van der Waals surface area contributed by atoms with E-state index in [-0.39, 0.29) is 0 Å². The summed E-state index contributed by atoms with van der Waals surface area (Å²) in [5, 5.41) is 9.16. The fraction of sp³-hybridized carbons (Fsp3) is 0.455. The molecule has 0 spiro atoms. The number of halogens is 1. The topological polar surface area (TPSA) is 36.7 Å². The molecule has 14 heavy (non-hydrogen) atoms. The second kappa shape index (κ2) is 3.59. The van der Waals surface area contributed by atoms with Crippen LogP contribution in [-0.4, -0.2) is 4.98 Å². The molecule has 0 fully saturated rings. The number of fused-ring (bicyclic) bond motifs is 1. The maximum Gasteiger partial charge on any atom is 0.147 e. The van der Waals surface area contributed by atoms with Crippen LogP contribution in [-0.2, 0) is 6.42 Å². The summed E-state index contributed by atoms with van der Waals surface area (Å²) in [4.78, 5) is 4.31. The summed E-state index contributed by atoms with van der Waals surface area (Å²) in [6.07, 6.45) is 3.38. The second-order valence-corrected chi connectivity index (χ2v) is 4.13. The van der Waals surface area contributed by atoms with Crippen molar-refractivity contribution in [3.63, 3.8) is 0 Å². The van der Waals surface area contributed by atoms with Crippen molar-refractivity contribution in [3.05, 3.63) is 28.0 Å². The lowest BCUT2D eigenvalue weighted by atomic mass is 9.87. The predicted molar refractivity (Wildman–Crippen MR) is 55.3 cm³/mol. The molecule has 1 unspecified atom stereocenters. The third-order valence-corrected chi connectivity index (χ3v) is 3.05. The number of pyridine rings is 1. The number of rotatable bonds is 0. The van der Waals surface area contributed by atoms with Gasteiger partial charge in [-0.2, -0.15) is 5.26 Å². The summed E-state index contributed by atoms with van der Waals surface area (Å²) >= 11 is 5.89. The zero-order valence-corrected chi connectivity index (χ0v) is 8.80. The summed E-state index contributed by atoms with van der Waals surface area (Å²) < 4.78 is 0. The van der Waals surface area contributed by atoms with E-state index < -0.39 is 0 Å². The van der Waals surface area contributed by atoms with Gasteiger partial charge >= 0.3 is 0 Å². The van der Waals surface area contributed by atoms with Crippen LogP contribution in [0.15, 0.2) is 6.07 Å². The molecule has 0 amide bonds. The minimum atomic E-state index is 0.347. The minimum absolute atomic E-state index is 0.347. The van der Waals surface area contributed by atoms with E-state index in [0.29, 0.717) is 16.6 Å². The first-order valence-corrected chi connectivity index (χ1v) is 5.19. The number of nitrogens with zero attached hydrogens (tertiary/aromatic N) is 2. The van der Waals surface area contributed by atoms with Gasteiger partial charge in [-0.3, -0.25) is 0 Å². The van der Waals surface area contributed by atoms with E-state index in [4.69, 9.17) is 16.9 Å². The van der Waals surface area contributed by atoms with Gasteiger partial charge in [-0.15, -0.1) is 0 Å². The molecular formula is C11H11ClN2. The maximum atomic E-state index is 8.81. The molecule has 0 aromatic carbocycles. The molecule has 0 N–H and O–H groups in total. The van der Waals surface area contributed by atoms with Crippen molar-refractivity contribution in [1.82, 2.24) is 4.98 Å². The van der Waals surface area contributed by atoms with Gasteiger partial charge in [0.05, 0.1) is 5.56 Å². The molecule has 1 aromatic heterocycles. The monoisotopic (exact) mass is 206 g/mol. The third-order valence-electron chi connectivity index (χ3n) is 2.76. The first-order chi connectivity index (χ1) is 6.72. The third kappa shape index (κ3) is 1.49. The van der Waals surface area contributed by atoms with Gasteiger partial charge in [0, 0.05) is 5.69 Å². The first kappa shape index (κ1) is 9.48. The van der Waals surface area contributed by atoms with Crippen molar-refractivity contribution < 1.29 is 0 Å². The van der Waals surface area contributed by atoms with Crippen molar-refractivity contribution in [3.8, 4) is 6.07 Å². The molecule has 0 bridgehead atoms. The second-order valence-electron chi connectivity index (χ2n) is 3.78. The van der Waals surface area contributed by atoms with Gasteiger partial charge in [0.1, 0.15) is 11.2 Å². The smallest absolute Gasteiger partial charge is 0.147 e. The molecule has 72 valence electrons. The zero-order chi connectivity index (χ0) is 10.1. The molecule has 2 nitrogen and oxygen atoms in total. The van der Waals surface area contributed by atoms with Crippen molar-refractivity contribution in [2.45, 2.75) is 32.1 Å². The van der Waals surface area contributed by atoms with Crippen LogP contribution in [0.3, 0.4) is 0 Å². The average Bonchev–Trinajstić information content (AvgIpc) is 2.19. The Balaban J connectivity index is 2.55. The van der Waals surface area contributed by atoms with E-state index in [0.717, 1.165) is 12.1 Å². The lowest BCUT2D eigenvalue weighted by molar-refractivity contribution is 0.573. The molecule has 1 aromatic rings. The molecule has 0 saturated heterocycles. The van der Waals surface area contributed by atoms with Gasteiger partial charge in [-0.1, -0.05) is 18.5 Å². The Morgan fingerprint density at radius 3 is 3.14 bits per heavy atom. The van der Waals surface area contributed by atoms with E-state index in [1.807, 2.05) is 6.07 Å². The Labute approximate surface area is 88.5 Å². The minimum Gasteiger partial charge on any atom is -0.239 e. The van der Waals surface area contributed by atoms with Crippen molar-refractivity contribution in [2.75, 3.05) is 0 Å². The van der Waals surface area contributed by atoms with Crippen LogP contribution in [0.5, 0.6) is 0 Å². The van der Waals surface area contributed by atoms with E-state index in [9.17, 15) is 0 Å². The quantitative estimate of drug-likeness (QED) is 0.612. The molecule has 0 radical (unpaired) electrons. The van der Waals surface area contributed by atoms with Crippen LogP contribution in [0.2, 0.25) is 5.15 Å². The number of hydrogen-bond donors (Lipinski definition) is 0. The average molecular weight is 207 g/mol. The highest BCUT2D eigenvalue weighted by Crippen LogP contribution is 2.31. The maximum absolute atomic E-state index is 8.81. The van der Waals surface area contributed by atoms with E-state index in [1.165, 1.54) is 18.4 Å². The molecule has 1 aliphatic rings. The highest BCUT2D eigenvalue weighted by atomic mass is 35.5. The Kier molecular flexibility index (Phi) is 2.43. The van der Waals surface area contributed by atoms with E-state index in [2.05, 4.69) is 18.0 Å². The summed E-state index contributed by atoms with van der Waals surface area (Å²) in [7, 11) is 0. The van der Waals surface area contributed by atoms with E-state index >= 15 is 0 Å². The number of hydrogen-bond acceptors (Lipinski definition) is 2. The van der Waals surface area contributed by atoms with Crippen LogP contribution >= 0.6 is 11.6 Å². The first-order valence-electron chi connectivity index (χ1n) is 4.81. The SMILES string of the molecule is CC1CCCc2cc(C#N)c(Cl)nc21. The van der Waals surface area contributed by atoms with Crippen molar-refractivity contribution >= 4 is 11.6 Å². The lowest BCUT2D eigenvalue weighted by Gasteiger charge is -2.21. The summed E-state index contributed by atoms with van der Waals surface area (Å²) in [6.45, 7) is 2.16. The lowest BCUT2D eigenvalue weighted by Crippen LogP contribution is -2.10. The summed E-state index contributed by atoms with van der Waals surface area (Å²) in [6, 6.07) is 3.95. The number of nitriles is 1. The van der Waals surface area contributed by atoms with Gasteiger partial charge in [0.2, 0.25) is 0 Å². The predicted octanol–water partition coefficient (Wildman–Crippen LogP) is 3.05. The van der Waals surface area contributed by atoms with Gasteiger partial charge in [-0.25, -0.2) is 4.98 Å². The Morgan fingerprint density at radius 2 is 2.43 bits per heavy atom. The zero-order valence-electron chi connectivity index (χ0n) is 8.05. The fourth-order valence-electron chi connectivity index (χ4n) is 1.99. The van der Waals surface area contributed by atoms with E-state index in [1.54, 1.807) is 0 Å². The van der Waals surface area contributed by atoms with Crippen LogP contribution < -0.4 is 0 Å². The summed E-state index contributed by atoms with van der Waals surface area (Å²) in [5.74, 6) is 0.476. The highest BCUT2D eigenvalue weighted by molar-refractivity contribution is 6.30. The molecule has 0 aliphatic heterocycles. The molecule has 1 aliphatic carbocycles. The molecule has 1 atom stereocenters.